The van der Waals surface area contributed by atoms with E-state index in [2.05, 4.69) is 21.2 Å². The first-order valence-corrected chi connectivity index (χ1v) is 6.24. The molecule has 0 spiro atoms. The molecule has 0 saturated carbocycles. The Morgan fingerprint density at radius 1 is 1.37 bits per heavy atom. The number of aromatic carboxylic acids is 1. The van der Waals surface area contributed by atoms with Gasteiger partial charge in [-0.05, 0) is 28.1 Å². The Labute approximate surface area is 118 Å². The molecule has 104 valence electrons. The molecule has 6 nitrogen and oxygen atoms in total. The number of halogens is 1. The molecule has 1 aromatic carbocycles. The minimum atomic E-state index is -1.11. The van der Waals surface area contributed by atoms with E-state index < -0.39 is 11.9 Å². The average Bonchev–Trinajstić information content (AvgIpc) is 2.37. The summed E-state index contributed by atoms with van der Waals surface area (Å²) >= 11 is 3.20. The largest absolute Gasteiger partial charge is 0.478 e. The summed E-state index contributed by atoms with van der Waals surface area (Å²) in [6.07, 6.45) is 0. The van der Waals surface area contributed by atoms with Crippen molar-refractivity contribution in [2.75, 3.05) is 32.2 Å². The quantitative estimate of drug-likeness (QED) is 0.743. The first-order chi connectivity index (χ1) is 9.06. The van der Waals surface area contributed by atoms with Crippen molar-refractivity contribution in [2.24, 2.45) is 0 Å². The molecule has 19 heavy (non-hydrogen) atoms. The van der Waals surface area contributed by atoms with Gasteiger partial charge in [0.25, 0.3) is 0 Å². The van der Waals surface area contributed by atoms with Gasteiger partial charge in [-0.3, -0.25) is 4.79 Å². The number of carboxylic acids is 1. The number of benzene rings is 1. The van der Waals surface area contributed by atoms with Gasteiger partial charge in [0.15, 0.2) is 0 Å². The maximum absolute atomic E-state index is 11.6. The molecule has 1 amide bonds. The first kappa shape index (κ1) is 15.6. The molecular formula is C12H14BrNO5. The molecule has 0 saturated heterocycles. The van der Waals surface area contributed by atoms with Gasteiger partial charge in [-0.1, -0.05) is 6.07 Å². The van der Waals surface area contributed by atoms with Gasteiger partial charge >= 0.3 is 5.97 Å². The molecule has 0 unspecified atom stereocenters. The number of para-hydroxylation sites is 1. The number of anilines is 1. The number of hydrogen-bond donors (Lipinski definition) is 2. The molecule has 1 rings (SSSR count). The monoisotopic (exact) mass is 331 g/mol. The standard InChI is InChI=1S/C12H14BrNO5/c1-18-5-6-19-7-10(15)14-11-8(12(16)17)3-2-4-9(11)13/h2-4H,5-7H2,1H3,(H,14,15)(H,16,17). The number of carbonyl (C=O) groups is 2. The number of rotatable bonds is 7. The lowest BCUT2D eigenvalue weighted by Gasteiger charge is -2.10. The smallest absolute Gasteiger partial charge is 0.337 e. The molecule has 0 aromatic heterocycles. The van der Waals surface area contributed by atoms with Gasteiger partial charge < -0.3 is 19.9 Å². The number of carboxylic acid groups (broad SMARTS) is 1. The van der Waals surface area contributed by atoms with Gasteiger partial charge in [-0.25, -0.2) is 4.79 Å². The van der Waals surface area contributed by atoms with Crippen molar-refractivity contribution in [3.8, 4) is 0 Å². The van der Waals surface area contributed by atoms with Gasteiger partial charge in [0, 0.05) is 11.6 Å². The van der Waals surface area contributed by atoms with E-state index in [0.717, 1.165) is 0 Å². The fraction of sp³-hybridized carbons (Fsp3) is 0.333. The van der Waals surface area contributed by atoms with Crippen molar-refractivity contribution in [2.45, 2.75) is 0 Å². The first-order valence-electron chi connectivity index (χ1n) is 5.44. The van der Waals surface area contributed by atoms with E-state index in [1.165, 1.54) is 13.2 Å². The minimum Gasteiger partial charge on any atom is -0.478 e. The van der Waals surface area contributed by atoms with Gasteiger partial charge in [0.05, 0.1) is 24.5 Å². The molecule has 7 heteroatoms. The lowest BCUT2D eigenvalue weighted by Crippen LogP contribution is -2.21. The summed E-state index contributed by atoms with van der Waals surface area (Å²) in [5, 5.41) is 11.5. The van der Waals surface area contributed by atoms with Gasteiger partial charge in [0.1, 0.15) is 6.61 Å². The topological polar surface area (TPSA) is 84.9 Å². The van der Waals surface area contributed by atoms with Crippen molar-refractivity contribution in [3.63, 3.8) is 0 Å². The molecule has 0 aliphatic heterocycles. The average molecular weight is 332 g/mol. The van der Waals surface area contributed by atoms with Crippen LogP contribution in [0.15, 0.2) is 22.7 Å². The van der Waals surface area contributed by atoms with E-state index in [9.17, 15) is 9.59 Å². The van der Waals surface area contributed by atoms with Crippen LogP contribution in [-0.2, 0) is 14.3 Å². The van der Waals surface area contributed by atoms with E-state index in [1.807, 2.05) is 0 Å². The number of amides is 1. The van der Waals surface area contributed by atoms with Crippen LogP contribution in [0, 0.1) is 0 Å². The molecule has 0 aliphatic carbocycles. The van der Waals surface area contributed by atoms with E-state index in [4.69, 9.17) is 14.6 Å². The Kier molecular flexibility index (Phi) is 6.48. The number of carbonyl (C=O) groups excluding carboxylic acids is 1. The summed E-state index contributed by atoms with van der Waals surface area (Å²) in [5.74, 6) is -1.54. The van der Waals surface area contributed by atoms with E-state index in [1.54, 1.807) is 12.1 Å². The molecule has 1 aromatic rings. The van der Waals surface area contributed by atoms with Gasteiger partial charge in [-0.2, -0.15) is 0 Å². The Balaban J connectivity index is 2.66. The normalized spacial score (nSPS) is 10.2. The van der Waals surface area contributed by atoms with Crippen LogP contribution in [-0.4, -0.2) is 43.9 Å². The maximum Gasteiger partial charge on any atom is 0.337 e. The van der Waals surface area contributed by atoms with Crippen LogP contribution in [0.2, 0.25) is 0 Å². The van der Waals surface area contributed by atoms with Crippen LogP contribution in [0.1, 0.15) is 10.4 Å². The highest BCUT2D eigenvalue weighted by Gasteiger charge is 2.15. The Bertz CT molecular complexity index is 463. The summed E-state index contributed by atoms with van der Waals surface area (Å²) in [6, 6.07) is 4.64. The second-order valence-corrected chi connectivity index (χ2v) is 4.42. The zero-order valence-corrected chi connectivity index (χ0v) is 11.9. The van der Waals surface area contributed by atoms with Crippen LogP contribution in [0.5, 0.6) is 0 Å². The summed E-state index contributed by atoms with van der Waals surface area (Å²) in [4.78, 5) is 22.6. The highest BCUT2D eigenvalue weighted by atomic mass is 79.9. The van der Waals surface area contributed by atoms with E-state index in [-0.39, 0.29) is 17.9 Å². The summed E-state index contributed by atoms with van der Waals surface area (Å²) < 4.78 is 10.3. The highest BCUT2D eigenvalue weighted by Crippen LogP contribution is 2.26. The third kappa shape index (κ3) is 4.98. The fourth-order valence-electron chi connectivity index (χ4n) is 1.31. The zero-order valence-electron chi connectivity index (χ0n) is 10.3. The lowest BCUT2D eigenvalue weighted by atomic mass is 10.2. The molecular weight excluding hydrogens is 318 g/mol. The maximum atomic E-state index is 11.6. The number of methoxy groups -OCH3 is 1. The van der Waals surface area contributed by atoms with Crippen LogP contribution < -0.4 is 5.32 Å². The van der Waals surface area contributed by atoms with E-state index >= 15 is 0 Å². The minimum absolute atomic E-state index is 0.0135. The SMILES string of the molecule is COCCOCC(=O)Nc1c(Br)cccc1C(=O)O. The molecule has 2 N–H and O–H groups in total. The van der Waals surface area contributed by atoms with Crippen molar-refractivity contribution < 1.29 is 24.2 Å². The molecule has 0 radical (unpaired) electrons. The molecule has 0 bridgehead atoms. The predicted octanol–water partition coefficient (Wildman–Crippen LogP) is 1.75. The van der Waals surface area contributed by atoms with E-state index in [0.29, 0.717) is 17.7 Å². The summed E-state index contributed by atoms with van der Waals surface area (Å²) in [5.41, 5.74) is 0.231. The second kappa shape index (κ2) is 7.88. The Hall–Kier alpha value is -1.44. The van der Waals surface area contributed by atoms with Crippen LogP contribution >= 0.6 is 15.9 Å². The lowest BCUT2D eigenvalue weighted by molar-refractivity contribution is -0.121. The Morgan fingerprint density at radius 3 is 2.74 bits per heavy atom. The fourth-order valence-corrected chi connectivity index (χ4v) is 1.78. The van der Waals surface area contributed by atoms with Crippen molar-refractivity contribution >= 4 is 33.5 Å². The van der Waals surface area contributed by atoms with Gasteiger partial charge in [0.2, 0.25) is 5.91 Å². The van der Waals surface area contributed by atoms with Crippen molar-refractivity contribution in [1.82, 2.24) is 0 Å². The third-order valence-corrected chi connectivity index (χ3v) is 2.83. The van der Waals surface area contributed by atoms with Gasteiger partial charge in [-0.15, -0.1) is 0 Å². The van der Waals surface area contributed by atoms with Crippen molar-refractivity contribution in [3.05, 3.63) is 28.2 Å². The predicted molar refractivity (Wildman–Crippen MR) is 72.4 cm³/mol. The van der Waals surface area contributed by atoms with Crippen LogP contribution in [0.3, 0.4) is 0 Å². The van der Waals surface area contributed by atoms with Crippen LogP contribution in [0.25, 0.3) is 0 Å². The highest BCUT2D eigenvalue weighted by molar-refractivity contribution is 9.10. The third-order valence-electron chi connectivity index (χ3n) is 2.17. The summed E-state index contributed by atoms with van der Waals surface area (Å²) in [6.45, 7) is 0.526. The molecule has 0 fully saturated rings. The number of hydrogen-bond acceptors (Lipinski definition) is 4. The number of ether oxygens (including phenoxy) is 2. The molecule has 0 heterocycles. The second-order valence-electron chi connectivity index (χ2n) is 3.56. The molecule has 0 aliphatic rings. The van der Waals surface area contributed by atoms with Crippen molar-refractivity contribution in [1.29, 1.82) is 0 Å². The number of nitrogens with one attached hydrogen (secondary N) is 1. The molecule has 0 atom stereocenters. The van der Waals surface area contributed by atoms with Crippen LogP contribution in [0.4, 0.5) is 5.69 Å². The zero-order chi connectivity index (χ0) is 14.3. The summed E-state index contributed by atoms with van der Waals surface area (Å²) in [7, 11) is 1.53. The Morgan fingerprint density at radius 2 is 2.11 bits per heavy atom.